The lowest BCUT2D eigenvalue weighted by Gasteiger charge is -2.10. The van der Waals surface area contributed by atoms with E-state index >= 15 is 0 Å². The Balaban J connectivity index is 2.73. The van der Waals surface area contributed by atoms with Gasteiger partial charge < -0.3 is 4.74 Å². The van der Waals surface area contributed by atoms with Gasteiger partial charge in [-0.05, 0) is 18.2 Å². The van der Waals surface area contributed by atoms with E-state index in [1.165, 1.54) is 37.6 Å². The number of hydrogen-bond donors (Lipinski definition) is 0. The summed E-state index contributed by atoms with van der Waals surface area (Å²) in [6.45, 7) is 0. The van der Waals surface area contributed by atoms with E-state index in [0.717, 1.165) is 0 Å². The van der Waals surface area contributed by atoms with Crippen molar-refractivity contribution < 1.29 is 18.3 Å². The number of benzene rings is 1. The minimum absolute atomic E-state index is 0.0961. The van der Waals surface area contributed by atoms with Gasteiger partial charge in [-0.3, -0.25) is 9.78 Å². The van der Waals surface area contributed by atoms with Crippen molar-refractivity contribution in [3.8, 4) is 17.0 Å². The van der Waals surface area contributed by atoms with Gasteiger partial charge in [0.25, 0.3) is 0 Å². The molecule has 3 nitrogen and oxygen atoms in total. The van der Waals surface area contributed by atoms with E-state index in [1.54, 1.807) is 0 Å². The summed E-state index contributed by atoms with van der Waals surface area (Å²) in [5.74, 6) is -1.37. The fourth-order valence-corrected chi connectivity index (χ4v) is 1.63. The molecule has 0 aliphatic rings. The lowest BCUT2D eigenvalue weighted by Crippen LogP contribution is -1.99. The first kappa shape index (κ1) is 12.2. The molecule has 5 heteroatoms. The number of pyridine rings is 1. The van der Waals surface area contributed by atoms with Gasteiger partial charge in [-0.1, -0.05) is 6.07 Å². The average molecular weight is 249 g/mol. The van der Waals surface area contributed by atoms with E-state index in [2.05, 4.69) is 4.98 Å². The zero-order valence-corrected chi connectivity index (χ0v) is 9.48. The van der Waals surface area contributed by atoms with E-state index < -0.39 is 11.6 Å². The van der Waals surface area contributed by atoms with E-state index in [1.807, 2.05) is 0 Å². The number of hydrogen-bond acceptors (Lipinski definition) is 3. The van der Waals surface area contributed by atoms with Crippen molar-refractivity contribution in [1.29, 1.82) is 0 Å². The van der Waals surface area contributed by atoms with Crippen molar-refractivity contribution in [2.75, 3.05) is 7.11 Å². The van der Waals surface area contributed by atoms with Crippen molar-refractivity contribution in [2.24, 2.45) is 0 Å². The Labute approximate surface area is 102 Å². The van der Waals surface area contributed by atoms with Crippen LogP contribution in [0.3, 0.4) is 0 Å². The number of rotatable bonds is 3. The van der Waals surface area contributed by atoms with Crippen LogP contribution in [0.15, 0.2) is 30.5 Å². The summed E-state index contributed by atoms with van der Waals surface area (Å²) < 4.78 is 32.7. The van der Waals surface area contributed by atoms with Crippen LogP contribution in [0.25, 0.3) is 11.3 Å². The molecule has 18 heavy (non-hydrogen) atoms. The summed E-state index contributed by atoms with van der Waals surface area (Å²) in [5.41, 5.74) is -0.513. The first-order chi connectivity index (χ1) is 8.69. The molecule has 0 N–H and O–H groups in total. The van der Waals surface area contributed by atoms with E-state index in [0.29, 0.717) is 6.29 Å². The summed E-state index contributed by atoms with van der Waals surface area (Å²) in [5, 5.41) is 0. The number of halogens is 2. The molecule has 0 aliphatic heterocycles. The first-order valence-corrected chi connectivity index (χ1v) is 5.11. The van der Waals surface area contributed by atoms with Gasteiger partial charge in [-0.2, -0.15) is 0 Å². The molecule has 92 valence electrons. The smallest absolute Gasteiger partial charge is 0.160 e. The van der Waals surface area contributed by atoms with E-state index in [-0.39, 0.29) is 22.6 Å². The molecule has 0 unspecified atom stereocenters. The molecule has 0 spiro atoms. The molecule has 0 radical (unpaired) electrons. The number of carbonyl (C=O) groups excluding carboxylic acids is 1. The Morgan fingerprint density at radius 2 is 2.06 bits per heavy atom. The number of aromatic nitrogens is 1. The highest BCUT2D eigenvalue weighted by molar-refractivity contribution is 5.79. The highest BCUT2D eigenvalue weighted by atomic mass is 19.1. The van der Waals surface area contributed by atoms with Crippen LogP contribution >= 0.6 is 0 Å². The largest absolute Gasteiger partial charge is 0.496 e. The van der Waals surface area contributed by atoms with Gasteiger partial charge in [0, 0.05) is 6.20 Å². The molecule has 0 saturated heterocycles. The fourth-order valence-electron chi connectivity index (χ4n) is 1.63. The topological polar surface area (TPSA) is 39.2 Å². The molecule has 1 aromatic carbocycles. The van der Waals surface area contributed by atoms with Crippen LogP contribution in [-0.4, -0.2) is 18.4 Å². The highest BCUT2D eigenvalue weighted by Crippen LogP contribution is 2.33. The number of aldehydes is 1. The maximum atomic E-state index is 13.9. The summed E-state index contributed by atoms with van der Waals surface area (Å²) in [4.78, 5) is 14.4. The van der Waals surface area contributed by atoms with Crippen LogP contribution in [-0.2, 0) is 0 Å². The quantitative estimate of drug-likeness (QED) is 0.785. The summed E-state index contributed by atoms with van der Waals surface area (Å²) in [6, 6.07) is 5.33. The van der Waals surface area contributed by atoms with Gasteiger partial charge >= 0.3 is 0 Å². The monoisotopic (exact) mass is 249 g/mol. The van der Waals surface area contributed by atoms with Crippen molar-refractivity contribution in [2.45, 2.75) is 0 Å². The van der Waals surface area contributed by atoms with Gasteiger partial charge in [0.1, 0.15) is 17.3 Å². The minimum Gasteiger partial charge on any atom is -0.496 e. The van der Waals surface area contributed by atoms with Crippen LogP contribution in [0.4, 0.5) is 8.78 Å². The van der Waals surface area contributed by atoms with Crippen LogP contribution in [0.2, 0.25) is 0 Å². The van der Waals surface area contributed by atoms with Gasteiger partial charge in [-0.15, -0.1) is 0 Å². The molecule has 0 amide bonds. The summed E-state index contributed by atoms with van der Waals surface area (Å²) in [7, 11) is 1.35. The zero-order chi connectivity index (χ0) is 13.1. The third kappa shape index (κ3) is 1.95. The number of methoxy groups -OCH3 is 1. The van der Waals surface area contributed by atoms with Crippen LogP contribution in [0.1, 0.15) is 10.4 Å². The first-order valence-electron chi connectivity index (χ1n) is 5.11. The Kier molecular flexibility index (Phi) is 3.32. The fraction of sp³-hybridized carbons (Fsp3) is 0.0769. The Morgan fingerprint density at radius 3 is 2.72 bits per heavy atom. The average Bonchev–Trinajstić information content (AvgIpc) is 2.39. The van der Waals surface area contributed by atoms with Crippen LogP contribution in [0.5, 0.6) is 5.75 Å². The van der Waals surface area contributed by atoms with Gasteiger partial charge in [0.2, 0.25) is 0 Å². The lowest BCUT2D eigenvalue weighted by atomic mass is 10.1. The highest BCUT2D eigenvalue weighted by Gasteiger charge is 2.18. The summed E-state index contributed by atoms with van der Waals surface area (Å²) >= 11 is 0. The summed E-state index contributed by atoms with van der Waals surface area (Å²) in [6.07, 6.45) is 1.60. The van der Waals surface area contributed by atoms with Crippen molar-refractivity contribution >= 4 is 6.29 Å². The predicted octanol–water partition coefficient (Wildman–Crippen LogP) is 2.85. The van der Waals surface area contributed by atoms with Gasteiger partial charge in [-0.25, -0.2) is 8.78 Å². The molecular weight excluding hydrogens is 240 g/mol. The molecule has 0 saturated carbocycles. The maximum absolute atomic E-state index is 13.9. The SMILES string of the molecule is COc1cccc(F)c1-c1nccc(C=O)c1F. The Bertz CT molecular complexity index is 600. The van der Waals surface area contributed by atoms with Crippen LogP contribution in [0, 0.1) is 11.6 Å². The second-order valence-electron chi connectivity index (χ2n) is 3.50. The molecular formula is C13H9F2NO2. The molecule has 0 fully saturated rings. The molecule has 2 rings (SSSR count). The Morgan fingerprint density at radius 1 is 1.28 bits per heavy atom. The maximum Gasteiger partial charge on any atom is 0.160 e. The van der Waals surface area contributed by atoms with Crippen molar-refractivity contribution in [3.05, 3.63) is 47.7 Å². The molecule has 2 aromatic rings. The van der Waals surface area contributed by atoms with Gasteiger partial charge in [0.15, 0.2) is 12.1 Å². The van der Waals surface area contributed by atoms with Crippen LogP contribution < -0.4 is 4.74 Å². The van der Waals surface area contributed by atoms with E-state index in [4.69, 9.17) is 4.74 Å². The normalized spacial score (nSPS) is 10.2. The number of nitrogens with zero attached hydrogens (tertiary/aromatic N) is 1. The lowest BCUT2D eigenvalue weighted by molar-refractivity contribution is 0.111. The standard InChI is InChI=1S/C13H9F2NO2/c1-18-10-4-2-3-9(14)11(10)13-12(15)8(7-17)5-6-16-13/h2-7H,1H3. The second kappa shape index (κ2) is 4.91. The molecule has 1 aromatic heterocycles. The third-order valence-corrected chi connectivity index (χ3v) is 2.48. The number of ether oxygens (including phenoxy) is 1. The Hall–Kier alpha value is -2.30. The van der Waals surface area contributed by atoms with Gasteiger partial charge in [0.05, 0.1) is 18.2 Å². The third-order valence-electron chi connectivity index (χ3n) is 2.48. The van der Waals surface area contributed by atoms with E-state index in [9.17, 15) is 13.6 Å². The predicted molar refractivity (Wildman–Crippen MR) is 61.5 cm³/mol. The molecule has 1 heterocycles. The van der Waals surface area contributed by atoms with Crippen molar-refractivity contribution in [3.63, 3.8) is 0 Å². The van der Waals surface area contributed by atoms with Crippen molar-refractivity contribution in [1.82, 2.24) is 4.98 Å². The second-order valence-corrected chi connectivity index (χ2v) is 3.50. The molecule has 0 bridgehead atoms. The zero-order valence-electron chi connectivity index (χ0n) is 9.48. The molecule has 0 atom stereocenters. The minimum atomic E-state index is -0.865. The number of carbonyl (C=O) groups is 1. The molecule has 0 aliphatic carbocycles.